The molecule has 6 heteroatoms. The Morgan fingerprint density at radius 3 is 2.54 bits per heavy atom. The highest BCUT2D eigenvalue weighted by atomic mass is 16.5. The van der Waals surface area contributed by atoms with Gasteiger partial charge < -0.3 is 19.9 Å². The fourth-order valence-corrected chi connectivity index (χ4v) is 2.64. The number of rotatable bonds is 9. The van der Waals surface area contributed by atoms with Crippen LogP contribution in [0.2, 0.25) is 0 Å². The number of benzene rings is 2. The number of aryl methyl sites for hydroxylation is 2. The van der Waals surface area contributed by atoms with Crippen molar-refractivity contribution < 1.29 is 19.0 Å². The summed E-state index contributed by atoms with van der Waals surface area (Å²) in [5, 5.41) is 8.94. The summed E-state index contributed by atoms with van der Waals surface area (Å²) in [6.07, 6.45) is 2.36. The van der Waals surface area contributed by atoms with Gasteiger partial charge in [0.2, 0.25) is 0 Å². The lowest BCUT2D eigenvalue weighted by Crippen LogP contribution is -2.12. The van der Waals surface area contributed by atoms with Crippen molar-refractivity contribution in [2.24, 2.45) is 5.73 Å². The molecular formula is C22H24N2O4. The largest absolute Gasteiger partial charge is 0.493 e. The molecule has 2 aromatic carbocycles. The highest BCUT2D eigenvalue weighted by Gasteiger charge is 2.08. The van der Waals surface area contributed by atoms with Gasteiger partial charge in [-0.1, -0.05) is 19.1 Å². The van der Waals surface area contributed by atoms with Crippen LogP contribution in [0.4, 0.5) is 0 Å². The van der Waals surface area contributed by atoms with Crippen LogP contribution in [-0.4, -0.2) is 26.2 Å². The normalized spacial score (nSPS) is 10.9. The molecule has 0 aliphatic rings. The van der Waals surface area contributed by atoms with E-state index < -0.39 is 5.91 Å². The second-order valence-corrected chi connectivity index (χ2v) is 6.15. The molecule has 0 atom stereocenters. The summed E-state index contributed by atoms with van der Waals surface area (Å²) in [6.45, 7) is 4.87. The van der Waals surface area contributed by atoms with Crippen molar-refractivity contribution in [1.82, 2.24) is 0 Å². The molecule has 2 N–H and O–H groups in total. The second kappa shape index (κ2) is 10.0. The minimum absolute atomic E-state index is 0.131. The third-order valence-corrected chi connectivity index (χ3v) is 4.01. The predicted molar refractivity (Wildman–Crippen MR) is 107 cm³/mol. The summed E-state index contributed by atoms with van der Waals surface area (Å²) in [7, 11) is 1.52. The summed E-state index contributed by atoms with van der Waals surface area (Å²) in [5.74, 6) is 1.07. The predicted octanol–water partition coefficient (Wildman–Crippen LogP) is 3.42. The van der Waals surface area contributed by atoms with Crippen molar-refractivity contribution in [3.8, 4) is 23.3 Å². The van der Waals surface area contributed by atoms with Gasteiger partial charge in [-0.3, -0.25) is 4.79 Å². The summed E-state index contributed by atoms with van der Waals surface area (Å²) >= 11 is 0. The van der Waals surface area contributed by atoms with Crippen molar-refractivity contribution in [2.75, 3.05) is 20.3 Å². The van der Waals surface area contributed by atoms with Crippen LogP contribution in [0.15, 0.2) is 42.0 Å². The molecule has 0 heterocycles. The first kappa shape index (κ1) is 20.8. The summed E-state index contributed by atoms with van der Waals surface area (Å²) in [6, 6.07) is 13.0. The molecule has 0 unspecified atom stereocenters. The van der Waals surface area contributed by atoms with Crippen LogP contribution in [0.3, 0.4) is 0 Å². The van der Waals surface area contributed by atoms with Gasteiger partial charge in [0.05, 0.1) is 7.11 Å². The Balaban J connectivity index is 2.00. The SMILES string of the molecule is CCc1cc(C)cc(OCCOc2ccc(C=C(C#N)C(N)=O)cc2OC)c1. The number of nitrogens with two attached hydrogens (primary N) is 1. The van der Waals surface area contributed by atoms with Gasteiger partial charge in [-0.25, -0.2) is 0 Å². The van der Waals surface area contributed by atoms with E-state index in [0.29, 0.717) is 30.3 Å². The van der Waals surface area contributed by atoms with E-state index >= 15 is 0 Å². The Kier molecular flexibility index (Phi) is 7.46. The molecule has 0 saturated heterocycles. The average Bonchev–Trinajstić information content (AvgIpc) is 2.69. The third-order valence-electron chi connectivity index (χ3n) is 4.01. The summed E-state index contributed by atoms with van der Waals surface area (Å²) in [4.78, 5) is 11.2. The number of primary amides is 1. The number of carbonyl (C=O) groups excluding carboxylic acids is 1. The number of hydrogen-bond acceptors (Lipinski definition) is 5. The number of ether oxygens (including phenoxy) is 3. The Morgan fingerprint density at radius 2 is 1.89 bits per heavy atom. The zero-order chi connectivity index (χ0) is 20.5. The highest BCUT2D eigenvalue weighted by molar-refractivity contribution is 6.00. The van der Waals surface area contributed by atoms with E-state index in [1.807, 2.05) is 19.1 Å². The van der Waals surface area contributed by atoms with Gasteiger partial charge in [0.15, 0.2) is 11.5 Å². The first-order valence-corrected chi connectivity index (χ1v) is 8.92. The molecule has 28 heavy (non-hydrogen) atoms. The first-order chi connectivity index (χ1) is 13.5. The van der Waals surface area contributed by atoms with Crippen LogP contribution < -0.4 is 19.9 Å². The third kappa shape index (κ3) is 5.78. The van der Waals surface area contributed by atoms with E-state index in [-0.39, 0.29) is 5.57 Å². The van der Waals surface area contributed by atoms with Crippen molar-refractivity contribution in [3.05, 3.63) is 58.7 Å². The minimum Gasteiger partial charge on any atom is -0.493 e. The van der Waals surface area contributed by atoms with Gasteiger partial charge in [0.25, 0.3) is 5.91 Å². The maximum absolute atomic E-state index is 11.2. The van der Waals surface area contributed by atoms with Gasteiger partial charge in [-0.2, -0.15) is 5.26 Å². The van der Waals surface area contributed by atoms with Gasteiger partial charge in [0.1, 0.15) is 30.6 Å². The zero-order valence-corrected chi connectivity index (χ0v) is 16.3. The molecule has 6 nitrogen and oxygen atoms in total. The van der Waals surface area contributed by atoms with Gasteiger partial charge >= 0.3 is 0 Å². The number of nitrogens with zero attached hydrogens (tertiary/aromatic N) is 1. The van der Waals surface area contributed by atoms with Crippen LogP contribution in [0.1, 0.15) is 23.6 Å². The molecular weight excluding hydrogens is 356 g/mol. The smallest absolute Gasteiger partial charge is 0.259 e. The molecule has 0 bridgehead atoms. The highest BCUT2D eigenvalue weighted by Crippen LogP contribution is 2.29. The number of amides is 1. The fraction of sp³-hybridized carbons (Fsp3) is 0.273. The molecule has 0 radical (unpaired) electrons. The van der Waals surface area contributed by atoms with Crippen LogP contribution in [0.5, 0.6) is 17.2 Å². The molecule has 0 aliphatic heterocycles. The molecule has 2 aromatic rings. The van der Waals surface area contributed by atoms with Crippen molar-refractivity contribution >= 4 is 12.0 Å². The maximum atomic E-state index is 11.2. The van der Waals surface area contributed by atoms with E-state index in [2.05, 4.69) is 13.0 Å². The molecule has 0 saturated carbocycles. The average molecular weight is 380 g/mol. The summed E-state index contributed by atoms with van der Waals surface area (Å²) in [5.41, 5.74) is 8.03. The van der Waals surface area contributed by atoms with Crippen LogP contribution >= 0.6 is 0 Å². The van der Waals surface area contributed by atoms with Crippen molar-refractivity contribution in [1.29, 1.82) is 5.26 Å². The summed E-state index contributed by atoms with van der Waals surface area (Å²) < 4.78 is 16.9. The molecule has 1 amide bonds. The second-order valence-electron chi connectivity index (χ2n) is 6.15. The van der Waals surface area contributed by atoms with Gasteiger partial charge in [-0.05, 0) is 60.4 Å². The van der Waals surface area contributed by atoms with E-state index in [0.717, 1.165) is 17.7 Å². The topological polar surface area (TPSA) is 94.6 Å². The quantitative estimate of drug-likeness (QED) is 0.409. The number of hydrogen-bond donors (Lipinski definition) is 1. The number of methoxy groups -OCH3 is 1. The first-order valence-electron chi connectivity index (χ1n) is 8.92. The number of carbonyl (C=O) groups is 1. The Labute approximate surface area is 165 Å². The lowest BCUT2D eigenvalue weighted by molar-refractivity contribution is -0.114. The van der Waals surface area contributed by atoms with E-state index in [1.165, 1.54) is 18.7 Å². The van der Waals surface area contributed by atoms with Crippen LogP contribution in [0.25, 0.3) is 6.08 Å². The fourth-order valence-electron chi connectivity index (χ4n) is 2.64. The molecule has 0 spiro atoms. The van der Waals surface area contributed by atoms with Crippen molar-refractivity contribution in [2.45, 2.75) is 20.3 Å². The molecule has 0 aromatic heterocycles. The molecule has 2 rings (SSSR count). The van der Waals surface area contributed by atoms with Crippen LogP contribution in [0, 0.1) is 18.3 Å². The lowest BCUT2D eigenvalue weighted by atomic mass is 10.1. The number of nitriles is 1. The Hall–Kier alpha value is -3.46. The molecule has 0 aliphatic carbocycles. The Morgan fingerprint density at radius 1 is 1.14 bits per heavy atom. The van der Waals surface area contributed by atoms with E-state index in [4.69, 9.17) is 25.2 Å². The Bertz CT molecular complexity index is 913. The standard InChI is InChI=1S/C22H24N2O4/c1-4-16-9-15(2)10-19(12-16)27-7-8-28-20-6-5-17(13-21(20)26-3)11-18(14-23)22(24)25/h5-6,9-13H,4,7-8H2,1-3H3,(H2,24,25). The van der Waals surface area contributed by atoms with E-state index in [1.54, 1.807) is 24.3 Å². The maximum Gasteiger partial charge on any atom is 0.259 e. The molecule has 0 fully saturated rings. The van der Waals surface area contributed by atoms with Gasteiger partial charge in [0, 0.05) is 0 Å². The monoisotopic (exact) mass is 380 g/mol. The zero-order valence-electron chi connectivity index (χ0n) is 16.3. The molecule has 146 valence electrons. The van der Waals surface area contributed by atoms with Crippen molar-refractivity contribution in [3.63, 3.8) is 0 Å². The lowest BCUT2D eigenvalue weighted by Gasteiger charge is -2.13. The van der Waals surface area contributed by atoms with E-state index in [9.17, 15) is 4.79 Å². The minimum atomic E-state index is -0.777. The van der Waals surface area contributed by atoms with Gasteiger partial charge in [-0.15, -0.1) is 0 Å². The van der Waals surface area contributed by atoms with Crippen LogP contribution in [-0.2, 0) is 11.2 Å².